The highest BCUT2D eigenvalue weighted by molar-refractivity contribution is 8.00. The molecule has 140 valence electrons. The first kappa shape index (κ1) is 18.1. The summed E-state index contributed by atoms with van der Waals surface area (Å²) in [6.07, 6.45) is 0. The molecule has 6 heteroatoms. The minimum absolute atomic E-state index is 0.0164. The van der Waals surface area contributed by atoms with Crippen molar-refractivity contribution >= 4 is 29.3 Å². The Morgan fingerprint density at radius 2 is 1.57 bits per heavy atom. The number of carbonyl (C=O) groups excluding carboxylic acids is 1. The first-order valence-electron chi connectivity index (χ1n) is 8.72. The van der Waals surface area contributed by atoms with E-state index in [9.17, 15) is 9.59 Å². The van der Waals surface area contributed by atoms with Gasteiger partial charge in [0, 0.05) is 16.8 Å². The second-order valence-electron chi connectivity index (χ2n) is 6.30. The summed E-state index contributed by atoms with van der Waals surface area (Å²) in [5, 5.41) is 11.8. The number of carboxylic acids is 1. The maximum Gasteiger partial charge on any atom is 0.335 e. The van der Waals surface area contributed by atoms with Crippen molar-refractivity contribution in [2.75, 3.05) is 11.1 Å². The van der Waals surface area contributed by atoms with Gasteiger partial charge in [-0.3, -0.25) is 4.79 Å². The zero-order chi connectivity index (χ0) is 19.5. The van der Waals surface area contributed by atoms with Crippen molar-refractivity contribution in [3.8, 4) is 11.5 Å². The zero-order valence-electron chi connectivity index (χ0n) is 14.8. The molecule has 3 aromatic rings. The summed E-state index contributed by atoms with van der Waals surface area (Å²) >= 11 is 1.51. The van der Waals surface area contributed by atoms with Gasteiger partial charge in [-0.1, -0.05) is 42.5 Å². The van der Waals surface area contributed by atoms with Gasteiger partial charge in [0.1, 0.15) is 11.5 Å². The fourth-order valence-electron chi connectivity index (χ4n) is 3.13. The van der Waals surface area contributed by atoms with Crippen LogP contribution in [0, 0.1) is 0 Å². The van der Waals surface area contributed by atoms with Crippen LogP contribution in [0.5, 0.6) is 11.5 Å². The Hall–Kier alpha value is -3.25. The molecular weight excluding hydrogens is 374 g/mol. The SMILES string of the molecule is O=C(CSC1c2ccccc2Oc2ccccc21)Nc1cccc(C(=O)O)c1. The molecule has 28 heavy (non-hydrogen) atoms. The minimum atomic E-state index is -1.03. The van der Waals surface area contributed by atoms with Gasteiger partial charge < -0.3 is 15.2 Å². The summed E-state index contributed by atoms with van der Waals surface area (Å²) in [6, 6.07) is 21.9. The van der Waals surface area contributed by atoms with E-state index in [0.29, 0.717) is 5.69 Å². The average Bonchev–Trinajstić information content (AvgIpc) is 2.71. The van der Waals surface area contributed by atoms with Crippen LogP contribution in [-0.2, 0) is 4.79 Å². The van der Waals surface area contributed by atoms with Gasteiger partial charge in [0.2, 0.25) is 5.91 Å². The molecule has 1 aliphatic heterocycles. The van der Waals surface area contributed by atoms with Gasteiger partial charge in [-0.25, -0.2) is 4.79 Å². The molecule has 1 heterocycles. The van der Waals surface area contributed by atoms with Crippen molar-refractivity contribution in [2.45, 2.75) is 5.25 Å². The highest BCUT2D eigenvalue weighted by Gasteiger charge is 2.27. The van der Waals surface area contributed by atoms with Crippen LogP contribution < -0.4 is 10.1 Å². The number of carbonyl (C=O) groups is 2. The maximum absolute atomic E-state index is 12.4. The van der Waals surface area contributed by atoms with E-state index in [2.05, 4.69) is 5.32 Å². The normalized spacial score (nSPS) is 12.4. The fraction of sp³-hybridized carbons (Fsp3) is 0.0909. The number of ether oxygens (including phenoxy) is 1. The lowest BCUT2D eigenvalue weighted by Gasteiger charge is -2.27. The van der Waals surface area contributed by atoms with Crippen molar-refractivity contribution in [3.05, 3.63) is 89.5 Å². The number of rotatable bonds is 5. The van der Waals surface area contributed by atoms with Crippen LogP contribution in [0.1, 0.15) is 26.7 Å². The summed E-state index contributed by atoms with van der Waals surface area (Å²) in [6.45, 7) is 0. The average molecular weight is 391 g/mol. The summed E-state index contributed by atoms with van der Waals surface area (Å²) < 4.78 is 5.98. The number of hydrogen-bond donors (Lipinski definition) is 2. The van der Waals surface area contributed by atoms with Crippen LogP contribution in [0.15, 0.2) is 72.8 Å². The summed E-state index contributed by atoms with van der Waals surface area (Å²) in [4.78, 5) is 23.5. The molecular formula is C22H17NO4S. The third kappa shape index (κ3) is 3.73. The quantitative estimate of drug-likeness (QED) is 0.643. The smallest absolute Gasteiger partial charge is 0.335 e. The molecule has 0 saturated carbocycles. The van der Waals surface area contributed by atoms with Gasteiger partial charge in [0.15, 0.2) is 0 Å². The zero-order valence-corrected chi connectivity index (χ0v) is 15.6. The number of fused-ring (bicyclic) bond motifs is 2. The summed E-state index contributed by atoms with van der Waals surface area (Å²) in [5.74, 6) is 0.612. The van der Waals surface area contributed by atoms with Gasteiger partial charge in [-0.05, 0) is 30.3 Å². The number of nitrogens with one attached hydrogen (secondary N) is 1. The van der Waals surface area contributed by atoms with Crippen LogP contribution >= 0.6 is 11.8 Å². The van der Waals surface area contributed by atoms with Crippen molar-refractivity contribution in [1.29, 1.82) is 0 Å². The Kier molecular flexibility index (Phi) is 5.04. The van der Waals surface area contributed by atoms with Crippen molar-refractivity contribution in [1.82, 2.24) is 0 Å². The van der Waals surface area contributed by atoms with E-state index in [1.54, 1.807) is 12.1 Å². The molecule has 1 aliphatic rings. The molecule has 0 fully saturated rings. The van der Waals surface area contributed by atoms with Gasteiger partial charge in [-0.15, -0.1) is 11.8 Å². The van der Waals surface area contributed by atoms with Gasteiger partial charge >= 0.3 is 5.97 Å². The number of carboxylic acid groups (broad SMARTS) is 1. The van der Waals surface area contributed by atoms with E-state index in [-0.39, 0.29) is 22.5 Å². The molecule has 0 saturated heterocycles. The van der Waals surface area contributed by atoms with Crippen molar-refractivity contribution < 1.29 is 19.4 Å². The van der Waals surface area contributed by atoms with Crippen LogP contribution in [0.3, 0.4) is 0 Å². The number of benzene rings is 3. The monoisotopic (exact) mass is 391 g/mol. The first-order chi connectivity index (χ1) is 13.6. The second kappa shape index (κ2) is 7.78. The van der Waals surface area contributed by atoms with E-state index in [4.69, 9.17) is 9.84 Å². The van der Waals surface area contributed by atoms with Crippen molar-refractivity contribution in [2.24, 2.45) is 0 Å². The number of para-hydroxylation sites is 2. The number of thioether (sulfide) groups is 1. The Bertz CT molecular complexity index is 1000. The van der Waals surface area contributed by atoms with Gasteiger partial charge in [0.05, 0.1) is 16.6 Å². The molecule has 3 aromatic carbocycles. The molecule has 0 unspecified atom stereocenters. The number of aromatic carboxylic acids is 1. The van der Waals surface area contributed by atoms with Crippen LogP contribution in [-0.4, -0.2) is 22.7 Å². The number of amides is 1. The third-order valence-corrected chi connectivity index (χ3v) is 5.67. The molecule has 0 radical (unpaired) electrons. The Morgan fingerprint density at radius 3 is 2.21 bits per heavy atom. The van der Waals surface area contributed by atoms with E-state index < -0.39 is 5.97 Å². The summed E-state index contributed by atoms with van der Waals surface area (Å²) in [5.41, 5.74) is 2.68. The standard InChI is InChI=1S/C22H17NO4S/c24-20(23-15-7-5-6-14(12-15)22(25)26)13-28-21-16-8-1-3-10-18(16)27-19-11-4-2-9-17(19)21/h1-12,21H,13H2,(H,23,24)(H,25,26). The largest absolute Gasteiger partial charge is 0.478 e. The molecule has 0 spiro atoms. The van der Waals surface area contributed by atoms with Crippen LogP contribution in [0.4, 0.5) is 5.69 Å². The van der Waals surface area contributed by atoms with Crippen LogP contribution in [0.2, 0.25) is 0 Å². The lowest BCUT2D eigenvalue weighted by molar-refractivity contribution is -0.113. The topological polar surface area (TPSA) is 75.6 Å². The Balaban J connectivity index is 1.50. The van der Waals surface area contributed by atoms with E-state index in [0.717, 1.165) is 22.6 Å². The lowest BCUT2D eigenvalue weighted by atomic mass is 10.00. The van der Waals surface area contributed by atoms with Crippen LogP contribution in [0.25, 0.3) is 0 Å². The fourth-order valence-corrected chi connectivity index (χ4v) is 4.27. The highest BCUT2D eigenvalue weighted by atomic mass is 32.2. The molecule has 5 nitrogen and oxygen atoms in total. The van der Waals surface area contributed by atoms with E-state index in [1.807, 2.05) is 48.5 Å². The third-order valence-electron chi connectivity index (χ3n) is 4.40. The molecule has 0 bridgehead atoms. The number of hydrogen-bond acceptors (Lipinski definition) is 4. The first-order valence-corrected chi connectivity index (χ1v) is 9.77. The van der Waals surface area contributed by atoms with E-state index in [1.165, 1.54) is 23.9 Å². The highest BCUT2D eigenvalue weighted by Crippen LogP contribution is 2.49. The molecule has 1 amide bonds. The van der Waals surface area contributed by atoms with Gasteiger partial charge in [0.25, 0.3) is 0 Å². The predicted octanol–water partition coefficient (Wildman–Crippen LogP) is 4.95. The number of anilines is 1. The molecule has 2 N–H and O–H groups in total. The lowest BCUT2D eigenvalue weighted by Crippen LogP contribution is -2.16. The Labute approximate surface area is 166 Å². The molecule has 0 aliphatic carbocycles. The Morgan fingerprint density at radius 1 is 0.929 bits per heavy atom. The minimum Gasteiger partial charge on any atom is -0.478 e. The van der Waals surface area contributed by atoms with Crippen molar-refractivity contribution in [3.63, 3.8) is 0 Å². The second-order valence-corrected chi connectivity index (χ2v) is 7.40. The predicted molar refractivity (Wildman–Crippen MR) is 109 cm³/mol. The molecule has 4 rings (SSSR count). The van der Waals surface area contributed by atoms with Gasteiger partial charge in [-0.2, -0.15) is 0 Å². The molecule has 0 aromatic heterocycles. The maximum atomic E-state index is 12.4. The summed E-state index contributed by atoms with van der Waals surface area (Å²) in [7, 11) is 0. The van der Waals surface area contributed by atoms with E-state index >= 15 is 0 Å². The molecule has 0 atom stereocenters.